The maximum Gasteiger partial charge on any atom is 0.0742 e. The molecule has 2 nitrogen and oxygen atoms in total. The zero-order valence-electron chi connectivity index (χ0n) is 5.08. The summed E-state index contributed by atoms with van der Waals surface area (Å²) in [7, 11) is 0. The van der Waals surface area contributed by atoms with Crippen molar-refractivity contribution in [2.45, 2.75) is 0 Å². The molecule has 0 aliphatic rings. The second kappa shape index (κ2) is 2.09. The zero-order valence-corrected chi connectivity index (χ0v) is 6.67. The van der Waals surface area contributed by atoms with E-state index in [4.69, 9.17) is 0 Å². The minimum Gasteiger partial charge on any atom is -0.239 e. The van der Waals surface area contributed by atoms with Crippen molar-refractivity contribution >= 4 is 21.4 Å². The van der Waals surface area contributed by atoms with Gasteiger partial charge >= 0.3 is 0 Å². The Balaban J connectivity index is 2.86. The molecule has 0 saturated heterocycles. The average Bonchev–Trinajstić information content (AvgIpc) is 2.33. The van der Waals surface area contributed by atoms with Crippen molar-refractivity contribution in [2.24, 2.45) is 0 Å². The molecule has 3 heteroatoms. The first-order valence-electron chi connectivity index (χ1n) is 2.87. The topological polar surface area (TPSA) is 17.3 Å². The summed E-state index contributed by atoms with van der Waals surface area (Å²) >= 11 is 3.34. The third kappa shape index (κ3) is 0.827. The van der Waals surface area contributed by atoms with Crippen molar-refractivity contribution in [1.82, 2.24) is 9.61 Å². The zero-order chi connectivity index (χ0) is 6.97. The fourth-order valence-corrected chi connectivity index (χ4v) is 1.16. The standard InChI is InChI=1S/C7H4BrN2/c8-6-1-2-7-3-4-9-10(7)5-6/h1-2,4-5H. The van der Waals surface area contributed by atoms with E-state index in [0.717, 1.165) is 9.99 Å². The number of fused-ring (bicyclic) bond motifs is 1. The minimum atomic E-state index is 0.989. The van der Waals surface area contributed by atoms with Crippen LogP contribution in [0, 0.1) is 6.07 Å². The van der Waals surface area contributed by atoms with Gasteiger partial charge in [-0.2, -0.15) is 5.10 Å². The van der Waals surface area contributed by atoms with Crippen LogP contribution in [0.2, 0.25) is 0 Å². The van der Waals surface area contributed by atoms with Crippen molar-refractivity contribution in [1.29, 1.82) is 0 Å². The Bertz CT molecular complexity index is 353. The van der Waals surface area contributed by atoms with E-state index in [1.54, 1.807) is 10.7 Å². The molecule has 0 bridgehead atoms. The third-order valence-corrected chi connectivity index (χ3v) is 1.76. The number of halogens is 1. The number of rotatable bonds is 0. The summed E-state index contributed by atoms with van der Waals surface area (Å²) < 4.78 is 2.79. The summed E-state index contributed by atoms with van der Waals surface area (Å²) in [5.74, 6) is 0. The molecule has 2 heterocycles. The Morgan fingerprint density at radius 1 is 1.50 bits per heavy atom. The van der Waals surface area contributed by atoms with Gasteiger partial charge in [-0.25, -0.2) is 4.52 Å². The molecule has 0 spiro atoms. The SMILES string of the molecule is Brc1ccc2[c]cnn2c1. The first-order valence-corrected chi connectivity index (χ1v) is 3.66. The van der Waals surface area contributed by atoms with Crippen LogP contribution in [0.3, 0.4) is 0 Å². The normalized spacial score (nSPS) is 10.5. The lowest BCUT2D eigenvalue weighted by molar-refractivity contribution is 0.956. The number of hydrogen-bond acceptors (Lipinski definition) is 1. The molecule has 0 aromatic carbocycles. The highest BCUT2D eigenvalue weighted by atomic mass is 79.9. The molecule has 0 aliphatic carbocycles. The maximum absolute atomic E-state index is 4.01. The Labute approximate surface area is 66.6 Å². The van der Waals surface area contributed by atoms with E-state index in [-0.39, 0.29) is 0 Å². The molecule has 0 amide bonds. The molecular formula is C7H4BrN2. The summed E-state index contributed by atoms with van der Waals surface area (Å²) in [4.78, 5) is 0. The van der Waals surface area contributed by atoms with Crippen LogP contribution < -0.4 is 0 Å². The first-order chi connectivity index (χ1) is 4.86. The number of hydrogen-bond donors (Lipinski definition) is 0. The Morgan fingerprint density at radius 3 is 3.30 bits per heavy atom. The second-order valence-corrected chi connectivity index (χ2v) is 2.88. The van der Waals surface area contributed by atoms with Gasteiger partial charge in [0.05, 0.1) is 11.7 Å². The lowest BCUT2D eigenvalue weighted by Crippen LogP contribution is -1.83. The highest BCUT2D eigenvalue weighted by molar-refractivity contribution is 9.10. The summed E-state index contributed by atoms with van der Waals surface area (Å²) in [5.41, 5.74) is 0.989. The fraction of sp³-hybridized carbons (Fsp3) is 0. The molecule has 2 aromatic heterocycles. The molecule has 10 heavy (non-hydrogen) atoms. The molecule has 0 aliphatic heterocycles. The van der Waals surface area contributed by atoms with Crippen molar-refractivity contribution in [3.8, 4) is 0 Å². The molecule has 2 rings (SSSR count). The smallest absolute Gasteiger partial charge is 0.0742 e. The van der Waals surface area contributed by atoms with Crippen molar-refractivity contribution in [3.05, 3.63) is 35.1 Å². The largest absolute Gasteiger partial charge is 0.239 e. The molecule has 0 N–H and O–H groups in total. The lowest BCUT2D eigenvalue weighted by atomic mass is 10.4. The molecule has 1 radical (unpaired) electrons. The van der Waals surface area contributed by atoms with Crippen LogP contribution in [0.4, 0.5) is 0 Å². The number of pyridine rings is 1. The highest BCUT2D eigenvalue weighted by Crippen LogP contribution is 2.09. The number of aromatic nitrogens is 2. The van der Waals surface area contributed by atoms with E-state index in [2.05, 4.69) is 27.1 Å². The average molecular weight is 196 g/mol. The van der Waals surface area contributed by atoms with E-state index >= 15 is 0 Å². The van der Waals surface area contributed by atoms with Crippen LogP contribution in [0.1, 0.15) is 0 Å². The quantitative estimate of drug-likeness (QED) is 0.628. The summed E-state index contributed by atoms with van der Waals surface area (Å²) in [6, 6.07) is 6.90. The van der Waals surface area contributed by atoms with E-state index in [0.29, 0.717) is 0 Å². The molecule has 0 atom stereocenters. The lowest BCUT2D eigenvalue weighted by Gasteiger charge is -1.91. The van der Waals surface area contributed by atoms with E-state index in [1.165, 1.54) is 0 Å². The van der Waals surface area contributed by atoms with Gasteiger partial charge in [0.2, 0.25) is 0 Å². The van der Waals surface area contributed by atoms with Crippen LogP contribution in [0.5, 0.6) is 0 Å². The molecular weight excluding hydrogens is 192 g/mol. The van der Waals surface area contributed by atoms with Gasteiger partial charge in [0.1, 0.15) is 0 Å². The van der Waals surface area contributed by atoms with E-state index in [9.17, 15) is 0 Å². The van der Waals surface area contributed by atoms with Gasteiger partial charge in [-0.1, -0.05) is 0 Å². The van der Waals surface area contributed by atoms with Gasteiger partial charge in [0, 0.05) is 16.7 Å². The van der Waals surface area contributed by atoms with Crippen molar-refractivity contribution in [3.63, 3.8) is 0 Å². The molecule has 0 saturated carbocycles. The van der Waals surface area contributed by atoms with Crippen LogP contribution in [-0.2, 0) is 0 Å². The monoisotopic (exact) mass is 195 g/mol. The molecule has 0 unspecified atom stereocenters. The minimum absolute atomic E-state index is 0.989. The predicted molar refractivity (Wildman–Crippen MR) is 41.7 cm³/mol. The first kappa shape index (κ1) is 5.92. The summed E-state index contributed by atoms with van der Waals surface area (Å²) in [5, 5.41) is 4.01. The fourth-order valence-electron chi connectivity index (χ4n) is 0.831. The van der Waals surface area contributed by atoms with Crippen molar-refractivity contribution < 1.29 is 0 Å². The highest BCUT2D eigenvalue weighted by Gasteiger charge is 1.91. The van der Waals surface area contributed by atoms with Crippen LogP contribution in [0.25, 0.3) is 5.52 Å². The van der Waals surface area contributed by atoms with Gasteiger partial charge in [-0.15, -0.1) is 0 Å². The molecule has 49 valence electrons. The Kier molecular flexibility index (Phi) is 1.24. The maximum atomic E-state index is 4.01. The van der Waals surface area contributed by atoms with Crippen LogP contribution in [-0.4, -0.2) is 9.61 Å². The van der Waals surface area contributed by atoms with Gasteiger partial charge in [-0.05, 0) is 28.1 Å². The number of nitrogens with zero attached hydrogens (tertiary/aromatic N) is 2. The van der Waals surface area contributed by atoms with Crippen LogP contribution >= 0.6 is 15.9 Å². The predicted octanol–water partition coefficient (Wildman–Crippen LogP) is 1.90. The van der Waals surface area contributed by atoms with E-state index < -0.39 is 0 Å². The third-order valence-electron chi connectivity index (χ3n) is 1.29. The van der Waals surface area contributed by atoms with Crippen LogP contribution in [0.15, 0.2) is 29.0 Å². The Morgan fingerprint density at radius 2 is 2.40 bits per heavy atom. The van der Waals surface area contributed by atoms with Gasteiger partial charge in [-0.3, -0.25) is 0 Å². The summed E-state index contributed by atoms with van der Waals surface area (Å²) in [6.07, 6.45) is 3.55. The molecule has 2 aromatic rings. The van der Waals surface area contributed by atoms with Gasteiger partial charge < -0.3 is 0 Å². The van der Waals surface area contributed by atoms with Gasteiger partial charge in [0.15, 0.2) is 0 Å². The Hall–Kier alpha value is -0.830. The second-order valence-electron chi connectivity index (χ2n) is 1.97. The molecule has 0 fully saturated rings. The summed E-state index contributed by atoms with van der Waals surface area (Å²) in [6.45, 7) is 0. The van der Waals surface area contributed by atoms with Crippen molar-refractivity contribution in [2.75, 3.05) is 0 Å². The van der Waals surface area contributed by atoms with E-state index in [1.807, 2.05) is 18.3 Å². The van der Waals surface area contributed by atoms with Gasteiger partial charge in [0.25, 0.3) is 0 Å².